The lowest BCUT2D eigenvalue weighted by Crippen LogP contribution is -2.47. The van der Waals surface area contributed by atoms with E-state index in [1.165, 1.54) is 17.8 Å². The average Bonchev–Trinajstić information content (AvgIpc) is 2.79. The van der Waals surface area contributed by atoms with Gasteiger partial charge in [-0.15, -0.1) is 0 Å². The highest BCUT2D eigenvalue weighted by Gasteiger charge is 2.18. The predicted molar refractivity (Wildman–Crippen MR) is 119 cm³/mol. The Hall–Kier alpha value is -2.84. The number of piperazine rings is 1. The number of halogens is 2. The fourth-order valence-corrected chi connectivity index (χ4v) is 3.55. The van der Waals surface area contributed by atoms with E-state index < -0.39 is 17.6 Å². The van der Waals surface area contributed by atoms with Crippen molar-refractivity contribution >= 4 is 34.8 Å². The molecule has 0 aromatic heterocycles. The second kappa shape index (κ2) is 11.0. The second-order valence-corrected chi connectivity index (χ2v) is 7.63. The highest BCUT2D eigenvalue weighted by Crippen LogP contribution is 2.21. The first-order valence-electron chi connectivity index (χ1n) is 10.1. The highest BCUT2D eigenvalue weighted by molar-refractivity contribution is 6.39. The van der Waals surface area contributed by atoms with E-state index in [2.05, 4.69) is 32.6 Å². The lowest BCUT2D eigenvalue weighted by molar-refractivity contribution is -0.136. The van der Waals surface area contributed by atoms with E-state index in [-0.39, 0.29) is 10.7 Å². The zero-order valence-electron chi connectivity index (χ0n) is 17.4. The summed E-state index contributed by atoms with van der Waals surface area (Å²) in [5.41, 5.74) is 1.45. The number of rotatable bonds is 7. The van der Waals surface area contributed by atoms with Crippen molar-refractivity contribution in [2.24, 2.45) is 0 Å². The molecule has 0 atom stereocenters. The third-order valence-corrected chi connectivity index (χ3v) is 5.42. The van der Waals surface area contributed by atoms with Gasteiger partial charge in [0.15, 0.2) is 0 Å². The maximum Gasteiger partial charge on any atom is 0.313 e. The van der Waals surface area contributed by atoms with Gasteiger partial charge in [0.1, 0.15) is 11.6 Å². The highest BCUT2D eigenvalue weighted by atomic mass is 35.5. The van der Waals surface area contributed by atoms with Crippen LogP contribution in [0, 0.1) is 5.82 Å². The van der Waals surface area contributed by atoms with Crippen molar-refractivity contribution in [3.05, 3.63) is 53.3 Å². The first-order chi connectivity index (χ1) is 15.0. The van der Waals surface area contributed by atoms with E-state index in [0.717, 1.165) is 51.0 Å². The number of nitrogens with zero attached hydrogens (tertiary/aromatic N) is 2. The maximum atomic E-state index is 13.2. The van der Waals surface area contributed by atoms with Gasteiger partial charge in [0.05, 0.1) is 12.1 Å². The van der Waals surface area contributed by atoms with Crippen LogP contribution in [0.2, 0.25) is 5.02 Å². The summed E-state index contributed by atoms with van der Waals surface area (Å²) in [5, 5.41) is 4.89. The second-order valence-electron chi connectivity index (χ2n) is 7.22. The summed E-state index contributed by atoms with van der Waals surface area (Å²) < 4.78 is 18.4. The number of carbonyl (C=O) groups is 2. The molecular formula is C22H26ClFN4O3. The molecule has 2 aromatic rings. The van der Waals surface area contributed by atoms with E-state index in [9.17, 15) is 14.0 Å². The van der Waals surface area contributed by atoms with Gasteiger partial charge in [0.2, 0.25) is 0 Å². The molecule has 1 aliphatic heterocycles. The molecule has 1 saturated heterocycles. The molecule has 2 amide bonds. The third kappa shape index (κ3) is 6.57. The zero-order chi connectivity index (χ0) is 22.2. The van der Waals surface area contributed by atoms with Crippen LogP contribution in [0.3, 0.4) is 0 Å². The fraction of sp³-hybridized carbons (Fsp3) is 0.364. The Bertz CT molecular complexity index is 902. The lowest BCUT2D eigenvalue weighted by atomic mass is 10.2. The summed E-state index contributed by atoms with van der Waals surface area (Å²) in [6.45, 7) is 4.97. The van der Waals surface area contributed by atoms with Gasteiger partial charge in [0, 0.05) is 44.1 Å². The van der Waals surface area contributed by atoms with Crippen LogP contribution < -0.4 is 20.3 Å². The molecule has 0 aliphatic carbocycles. The minimum Gasteiger partial charge on any atom is -0.497 e. The topological polar surface area (TPSA) is 73.9 Å². The quantitative estimate of drug-likeness (QED) is 0.503. The number of methoxy groups -OCH3 is 1. The number of benzene rings is 2. The normalized spacial score (nSPS) is 14.2. The monoisotopic (exact) mass is 448 g/mol. The van der Waals surface area contributed by atoms with Gasteiger partial charge in [-0.25, -0.2) is 4.39 Å². The molecule has 7 nitrogen and oxygen atoms in total. The van der Waals surface area contributed by atoms with Gasteiger partial charge < -0.3 is 20.3 Å². The molecule has 1 fully saturated rings. The lowest BCUT2D eigenvalue weighted by Gasteiger charge is -2.36. The molecule has 9 heteroatoms. The van der Waals surface area contributed by atoms with Gasteiger partial charge in [-0.05, 0) is 55.4 Å². The van der Waals surface area contributed by atoms with Crippen molar-refractivity contribution in [2.45, 2.75) is 6.42 Å². The molecule has 2 aromatic carbocycles. The number of ether oxygens (including phenoxy) is 1. The number of anilines is 2. The fourth-order valence-electron chi connectivity index (χ4n) is 3.37. The first-order valence-corrected chi connectivity index (χ1v) is 10.5. The van der Waals surface area contributed by atoms with Crippen LogP contribution in [0.25, 0.3) is 0 Å². The van der Waals surface area contributed by atoms with E-state index in [4.69, 9.17) is 16.3 Å². The Balaban J connectivity index is 1.33. The summed E-state index contributed by atoms with van der Waals surface area (Å²) >= 11 is 5.67. The summed E-state index contributed by atoms with van der Waals surface area (Å²) in [6, 6.07) is 11.8. The van der Waals surface area contributed by atoms with Crippen LogP contribution in [-0.2, 0) is 9.59 Å². The minimum absolute atomic E-state index is 0.120. The molecule has 1 heterocycles. The molecule has 2 N–H and O–H groups in total. The van der Waals surface area contributed by atoms with Crippen molar-refractivity contribution in [3.8, 4) is 5.75 Å². The SMILES string of the molecule is COc1ccc(N2CCN(CCCNC(=O)C(=O)Nc3ccc(F)c(Cl)c3)CC2)cc1. The molecule has 0 spiro atoms. The van der Waals surface area contributed by atoms with Gasteiger partial charge in [-0.2, -0.15) is 0 Å². The maximum absolute atomic E-state index is 13.2. The molecule has 0 bridgehead atoms. The summed E-state index contributed by atoms with van der Waals surface area (Å²) in [5.74, 6) is -1.28. The third-order valence-electron chi connectivity index (χ3n) is 5.13. The molecule has 3 rings (SSSR count). The standard InChI is InChI=1S/C22H26ClFN4O3/c1-31-18-6-4-17(5-7-18)28-13-11-27(12-14-28)10-2-9-25-21(29)22(30)26-16-3-8-20(24)19(23)15-16/h3-8,15H,2,9-14H2,1H3,(H,25,29)(H,26,30). The Labute approximate surface area is 186 Å². The number of hydrogen-bond donors (Lipinski definition) is 2. The number of nitrogens with one attached hydrogen (secondary N) is 2. The molecule has 31 heavy (non-hydrogen) atoms. The van der Waals surface area contributed by atoms with Crippen LogP contribution >= 0.6 is 11.6 Å². The van der Waals surface area contributed by atoms with Crippen LogP contribution in [0.15, 0.2) is 42.5 Å². The Morgan fingerprint density at radius 1 is 1.06 bits per heavy atom. The van der Waals surface area contributed by atoms with Gasteiger partial charge >= 0.3 is 11.8 Å². The molecule has 0 saturated carbocycles. The van der Waals surface area contributed by atoms with E-state index in [1.807, 2.05) is 12.1 Å². The zero-order valence-corrected chi connectivity index (χ0v) is 18.1. The Morgan fingerprint density at radius 3 is 2.42 bits per heavy atom. The van der Waals surface area contributed by atoms with Crippen molar-refractivity contribution in [2.75, 3.05) is 56.6 Å². The summed E-state index contributed by atoms with van der Waals surface area (Å²) in [4.78, 5) is 28.5. The molecule has 1 aliphatic rings. The van der Waals surface area contributed by atoms with E-state index >= 15 is 0 Å². The summed E-state index contributed by atoms with van der Waals surface area (Å²) in [6.07, 6.45) is 0.740. The summed E-state index contributed by atoms with van der Waals surface area (Å²) in [7, 11) is 1.66. The van der Waals surface area contributed by atoms with Crippen LogP contribution in [0.5, 0.6) is 5.75 Å². The van der Waals surface area contributed by atoms with Crippen molar-refractivity contribution in [1.82, 2.24) is 10.2 Å². The van der Waals surface area contributed by atoms with E-state index in [0.29, 0.717) is 6.54 Å². The van der Waals surface area contributed by atoms with Gasteiger partial charge in [-0.3, -0.25) is 14.5 Å². The molecular weight excluding hydrogens is 423 g/mol. The Morgan fingerprint density at radius 2 is 1.77 bits per heavy atom. The molecule has 0 radical (unpaired) electrons. The van der Waals surface area contributed by atoms with Crippen LogP contribution in [0.4, 0.5) is 15.8 Å². The Kier molecular flexibility index (Phi) is 8.08. The van der Waals surface area contributed by atoms with Gasteiger partial charge in [-0.1, -0.05) is 11.6 Å². The van der Waals surface area contributed by atoms with Crippen LogP contribution in [0.1, 0.15) is 6.42 Å². The number of hydrogen-bond acceptors (Lipinski definition) is 5. The molecule has 166 valence electrons. The number of carbonyl (C=O) groups excluding carboxylic acids is 2. The van der Waals surface area contributed by atoms with Crippen molar-refractivity contribution in [1.29, 1.82) is 0 Å². The van der Waals surface area contributed by atoms with Crippen molar-refractivity contribution in [3.63, 3.8) is 0 Å². The van der Waals surface area contributed by atoms with Gasteiger partial charge in [0.25, 0.3) is 0 Å². The van der Waals surface area contributed by atoms with Crippen molar-refractivity contribution < 1.29 is 18.7 Å². The smallest absolute Gasteiger partial charge is 0.313 e. The first kappa shape index (κ1) is 22.8. The largest absolute Gasteiger partial charge is 0.497 e. The molecule has 0 unspecified atom stereocenters. The van der Waals surface area contributed by atoms with E-state index in [1.54, 1.807) is 7.11 Å². The van der Waals surface area contributed by atoms with Crippen LogP contribution in [-0.4, -0.2) is 63.1 Å². The average molecular weight is 449 g/mol. The number of amides is 2. The minimum atomic E-state index is -0.809. The predicted octanol–water partition coefficient (Wildman–Crippen LogP) is 2.75.